The molecule has 11 heteroatoms. The van der Waals surface area contributed by atoms with E-state index in [0.29, 0.717) is 36.4 Å². The van der Waals surface area contributed by atoms with Crippen molar-refractivity contribution in [3.63, 3.8) is 0 Å². The average molecular weight is 483 g/mol. The lowest BCUT2D eigenvalue weighted by atomic mass is 10.1. The minimum Gasteiger partial charge on any atom is -0.480 e. The number of carbonyl (C=O) groups is 1. The summed E-state index contributed by atoms with van der Waals surface area (Å²) in [7, 11) is 1.68. The SMILES string of the molecule is COCCN(CCCCc1ccc2c(n1)NCCC2)CCC(Nc1ncnc2cn[nH]c12)C(=O)O. The molecule has 3 aromatic rings. The van der Waals surface area contributed by atoms with Crippen LogP contribution in [0, 0.1) is 0 Å². The van der Waals surface area contributed by atoms with Gasteiger partial charge in [-0.3, -0.25) is 5.10 Å². The Morgan fingerprint density at radius 2 is 2.17 bits per heavy atom. The van der Waals surface area contributed by atoms with E-state index in [9.17, 15) is 9.90 Å². The Hall–Kier alpha value is -3.31. The molecule has 0 fully saturated rings. The highest BCUT2D eigenvalue weighted by Gasteiger charge is 2.21. The number of aromatic amines is 1. The molecule has 0 saturated heterocycles. The van der Waals surface area contributed by atoms with Crippen LogP contribution in [-0.2, 0) is 22.4 Å². The number of rotatable bonds is 14. The molecule has 0 saturated carbocycles. The average Bonchev–Trinajstić information content (AvgIpc) is 3.36. The zero-order valence-electron chi connectivity index (χ0n) is 20.2. The molecule has 3 aromatic heterocycles. The molecule has 0 bridgehead atoms. The van der Waals surface area contributed by atoms with E-state index in [1.807, 2.05) is 0 Å². The Bertz CT molecular complexity index is 1110. The second-order valence-electron chi connectivity index (χ2n) is 8.81. The maximum absolute atomic E-state index is 11.9. The third-order valence-corrected chi connectivity index (χ3v) is 6.30. The van der Waals surface area contributed by atoms with Gasteiger partial charge in [0.2, 0.25) is 0 Å². The number of aliphatic carboxylic acids is 1. The van der Waals surface area contributed by atoms with E-state index in [4.69, 9.17) is 9.72 Å². The number of anilines is 2. The Morgan fingerprint density at radius 1 is 1.26 bits per heavy atom. The normalized spacial score (nSPS) is 14.0. The first-order chi connectivity index (χ1) is 17.1. The Morgan fingerprint density at radius 3 is 3.03 bits per heavy atom. The zero-order valence-corrected chi connectivity index (χ0v) is 20.2. The van der Waals surface area contributed by atoms with E-state index in [2.05, 4.69) is 47.8 Å². The van der Waals surface area contributed by atoms with E-state index >= 15 is 0 Å². The van der Waals surface area contributed by atoms with Crippen LogP contribution in [0.25, 0.3) is 11.0 Å². The topological polar surface area (TPSA) is 141 Å². The largest absolute Gasteiger partial charge is 0.480 e. The number of H-pyrrole nitrogens is 1. The number of pyridine rings is 1. The van der Waals surface area contributed by atoms with Crippen molar-refractivity contribution in [2.45, 2.75) is 44.6 Å². The molecule has 1 aliphatic rings. The summed E-state index contributed by atoms with van der Waals surface area (Å²) in [5, 5.41) is 23.0. The third kappa shape index (κ3) is 6.86. The highest BCUT2D eigenvalue weighted by molar-refractivity contribution is 5.87. The fraction of sp³-hybridized carbons (Fsp3) is 0.542. The van der Waals surface area contributed by atoms with Gasteiger partial charge in [-0.15, -0.1) is 0 Å². The van der Waals surface area contributed by atoms with Gasteiger partial charge in [0.1, 0.15) is 29.2 Å². The van der Waals surface area contributed by atoms with Crippen LogP contribution in [0.15, 0.2) is 24.7 Å². The summed E-state index contributed by atoms with van der Waals surface area (Å²) < 4.78 is 5.27. The Balaban J connectivity index is 1.27. The van der Waals surface area contributed by atoms with Crippen LogP contribution in [-0.4, -0.2) is 87.1 Å². The molecule has 0 aromatic carbocycles. The van der Waals surface area contributed by atoms with Crippen molar-refractivity contribution in [1.82, 2.24) is 30.0 Å². The first-order valence-corrected chi connectivity index (χ1v) is 12.2. The molecule has 4 rings (SSSR count). The second-order valence-corrected chi connectivity index (χ2v) is 8.81. The molecule has 1 unspecified atom stereocenters. The van der Waals surface area contributed by atoms with Gasteiger partial charge in [-0.1, -0.05) is 6.07 Å². The van der Waals surface area contributed by atoms with Gasteiger partial charge in [-0.05, 0) is 56.7 Å². The van der Waals surface area contributed by atoms with Crippen molar-refractivity contribution in [3.05, 3.63) is 35.9 Å². The van der Waals surface area contributed by atoms with Gasteiger partial charge in [0.05, 0.1) is 12.8 Å². The summed E-state index contributed by atoms with van der Waals surface area (Å²) in [6.07, 6.45) is 8.63. The summed E-state index contributed by atoms with van der Waals surface area (Å²) in [5.74, 6) is 0.559. The maximum Gasteiger partial charge on any atom is 0.326 e. The molecule has 0 amide bonds. The van der Waals surface area contributed by atoms with Crippen molar-refractivity contribution >= 4 is 28.6 Å². The highest BCUT2D eigenvalue weighted by atomic mass is 16.5. The molecule has 0 spiro atoms. The zero-order chi connectivity index (χ0) is 24.5. The van der Waals surface area contributed by atoms with Crippen LogP contribution in [0.1, 0.15) is 36.9 Å². The van der Waals surface area contributed by atoms with Crippen LogP contribution in [0.2, 0.25) is 0 Å². The number of methoxy groups -OCH3 is 1. The van der Waals surface area contributed by atoms with Gasteiger partial charge in [-0.25, -0.2) is 19.7 Å². The number of unbranched alkanes of at least 4 members (excludes halogenated alkanes) is 1. The molecule has 188 valence electrons. The minimum atomic E-state index is -0.921. The summed E-state index contributed by atoms with van der Waals surface area (Å²) in [6, 6.07) is 3.55. The predicted molar refractivity (Wildman–Crippen MR) is 134 cm³/mol. The fourth-order valence-corrected chi connectivity index (χ4v) is 4.31. The van der Waals surface area contributed by atoms with Crippen molar-refractivity contribution in [2.75, 3.05) is 50.5 Å². The molecule has 4 N–H and O–H groups in total. The molecule has 0 aliphatic carbocycles. The highest BCUT2D eigenvalue weighted by Crippen LogP contribution is 2.20. The fourth-order valence-electron chi connectivity index (χ4n) is 4.31. The van der Waals surface area contributed by atoms with E-state index < -0.39 is 12.0 Å². The van der Waals surface area contributed by atoms with Gasteiger partial charge in [0, 0.05) is 32.4 Å². The van der Waals surface area contributed by atoms with Gasteiger partial charge in [0.25, 0.3) is 0 Å². The molecule has 0 radical (unpaired) electrons. The van der Waals surface area contributed by atoms with Gasteiger partial charge >= 0.3 is 5.97 Å². The quantitative estimate of drug-likeness (QED) is 0.253. The summed E-state index contributed by atoms with van der Waals surface area (Å²) in [5.41, 5.74) is 3.66. The first-order valence-electron chi connectivity index (χ1n) is 12.2. The number of carboxylic acid groups (broad SMARTS) is 1. The number of hydrogen-bond donors (Lipinski definition) is 4. The minimum absolute atomic E-state index is 0.427. The first kappa shape index (κ1) is 24.8. The van der Waals surface area contributed by atoms with Crippen LogP contribution in [0.4, 0.5) is 11.6 Å². The van der Waals surface area contributed by atoms with Crippen LogP contribution >= 0.6 is 0 Å². The van der Waals surface area contributed by atoms with Crippen molar-refractivity contribution < 1.29 is 14.6 Å². The van der Waals surface area contributed by atoms with E-state index in [0.717, 1.165) is 63.3 Å². The van der Waals surface area contributed by atoms with Gasteiger partial charge in [-0.2, -0.15) is 5.10 Å². The monoisotopic (exact) mass is 482 g/mol. The van der Waals surface area contributed by atoms with Crippen LogP contribution < -0.4 is 10.6 Å². The molecule has 4 heterocycles. The number of nitrogens with zero attached hydrogens (tertiary/aromatic N) is 5. The van der Waals surface area contributed by atoms with Gasteiger partial charge in [0.15, 0.2) is 5.82 Å². The number of ether oxygens (including phenoxy) is 1. The summed E-state index contributed by atoms with van der Waals surface area (Å²) in [6.45, 7) is 3.85. The predicted octanol–water partition coefficient (Wildman–Crippen LogP) is 2.33. The lowest BCUT2D eigenvalue weighted by Crippen LogP contribution is -2.37. The van der Waals surface area contributed by atoms with E-state index in [-0.39, 0.29) is 0 Å². The molecular formula is C24H34N8O3. The number of aromatic nitrogens is 5. The molecular weight excluding hydrogens is 448 g/mol. The van der Waals surface area contributed by atoms with Crippen molar-refractivity contribution in [2.24, 2.45) is 0 Å². The van der Waals surface area contributed by atoms with E-state index in [1.165, 1.54) is 11.9 Å². The lowest BCUT2D eigenvalue weighted by molar-refractivity contribution is -0.138. The summed E-state index contributed by atoms with van der Waals surface area (Å²) >= 11 is 0. The number of nitrogens with one attached hydrogen (secondary N) is 3. The molecule has 11 nitrogen and oxygen atoms in total. The lowest BCUT2D eigenvalue weighted by Gasteiger charge is -2.24. The van der Waals surface area contributed by atoms with E-state index in [1.54, 1.807) is 13.3 Å². The Labute approximate surface area is 204 Å². The standard InChI is InChI=1S/C24H34N8O3/c1-35-14-13-32(11-3-2-6-18-8-7-17-5-4-10-25-22(17)29-18)12-9-19(24(33)34)30-23-21-20(15-28-31-21)26-16-27-23/h7-8,15-16,19H,2-6,9-14H2,1H3,(H,25,29)(H,28,31)(H,33,34)(H,26,27,30). The second kappa shape index (κ2) is 12.4. The molecule has 1 aliphatic heterocycles. The summed E-state index contributed by atoms with van der Waals surface area (Å²) in [4.78, 5) is 27.3. The van der Waals surface area contributed by atoms with Crippen molar-refractivity contribution in [1.29, 1.82) is 0 Å². The van der Waals surface area contributed by atoms with Crippen LogP contribution in [0.3, 0.4) is 0 Å². The number of aryl methyl sites for hydroxylation is 2. The maximum atomic E-state index is 11.9. The number of hydrogen-bond acceptors (Lipinski definition) is 9. The van der Waals surface area contributed by atoms with Crippen molar-refractivity contribution in [3.8, 4) is 0 Å². The third-order valence-electron chi connectivity index (χ3n) is 6.30. The smallest absolute Gasteiger partial charge is 0.326 e. The number of carboxylic acids is 1. The molecule has 1 atom stereocenters. The Kier molecular flexibility index (Phi) is 8.79. The molecule has 35 heavy (non-hydrogen) atoms. The van der Waals surface area contributed by atoms with Gasteiger partial charge < -0.3 is 25.4 Å². The number of fused-ring (bicyclic) bond motifs is 2. The van der Waals surface area contributed by atoms with Crippen LogP contribution in [0.5, 0.6) is 0 Å².